The van der Waals surface area contributed by atoms with Crippen LogP contribution in [0.4, 0.5) is 0 Å². The van der Waals surface area contributed by atoms with Crippen molar-refractivity contribution in [1.29, 1.82) is 0 Å². The summed E-state index contributed by atoms with van der Waals surface area (Å²) in [6.07, 6.45) is 7.58. The van der Waals surface area contributed by atoms with E-state index in [1.54, 1.807) is 0 Å². The number of hydrogen-bond acceptors (Lipinski definition) is 5. The fourth-order valence-corrected chi connectivity index (χ4v) is 5.49. The molecule has 0 bridgehead atoms. The van der Waals surface area contributed by atoms with Crippen LogP contribution in [0, 0.1) is 11.8 Å². The molecular weight excluding hydrogens is 414 g/mol. The molecule has 33 heavy (non-hydrogen) atoms. The number of carbonyl (C=O) groups excluding carboxylic acids is 2. The third-order valence-electron chi connectivity index (χ3n) is 6.85. The van der Waals surface area contributed by atoms with E-state index in [-0.39, 0.29) is 23.8 Å². The molecule has 0 radical (unpaired) electrons. The zero-order valence-electron chi connectivity index (χ0n) is 20.0. The maximum Gasteiger partial charge on any atom is 0.308 e. The molecule has 2 unspecified atom stereocenters. The molecule has 2 aliphatic rings. The van der Waals surface area contributed by atoms with Crippen molar-refractivity contribution in [3.63, 3.8) is 0 Å². The Hall–Kier alpha value is -2.95. The van der Waals surface area contributed by atoms with Crippen molar-refractivity contribution in [2.75, 3.05) is 13.2 Å². The highest BCUT2D eigenvalue weighted by atomic mass is 16.5. The van der Waals surface area contributed by atoms with E-state index in [9.17, 15) is 9.59 Å². The third kappa shape index (κ3) is 4.21. The number of hydrogen-bond donors (Lipinski definition) is 0. The first kappa shape index (κ1) is 23.2. The first-order chi connectivity index (χ1) is 15.9. The highest BCUT2D eigenvalue weighted by molar-refractivity contribution is 5.94. The van der Waals surface area contributed by atoms with Gasteiger partial charge in [-0.25, -0.2) is 4.98 Å². The van der Waals surface area contributed by atoms with Gasteiger partial charge in [-0.2, -0.15) is 0 Å². The van der Waals surface area contributed by atoms with Gasteiger partial charge < -0.3 is 9.47 Å². The van der Waals surface area contributed by atoms with Gasteiger partial charge in [0.1, 0.15) is 0 Å². The van der Waals surface area contributed by atoms with Gasteiger partial charge in [0.2, 0.25) is 0 Å². The number of fused-ring (bicyclic) bond motifs is 4. The summed E-state index contributed by atoms with van der Waals surface area (Å²) in [6.45, 7) is 8.21. The zero-order valence-corrected chi connectivity index (χ0v) is 20.0. The van der Waals surface area contributed by atoms with Crippen LogP contribution in [-0.4, -0.2) is 30.1 Å². The molecule has 0 saturated heterocycles. The predicted octanol–water partition coefficient (Wildman–Crippen LogP) is 5.77. The van der Waals surface area contributed by atoms with Crippen LogP contribution in [0.2, 0.25) is 0 Å². The second-order valence-corrected chi connectivity index (χ2v) is 9.19. The van der Waals surface area contributed by atoms with Crippen molar-refractivity contribution in [1.82, 2.24) is 4.98 Å². The lowest BCUT2D eigenvalue weighted by Crippen LogP contribution is -2.35. The Bertz CT molecular complexity index is 1100. The van der Waals surface area contributed by atoms with Crippen LogP contribution in [0.25, 0.3) is 16.5 Å². The first-order valence-electron chi connectivity index (χ1n) is 12.1. The Morgan fingerprint density at radius 2 is 1.58 bits per heavy atom. The summed E-state index contributed by atoms with van der Waals surface area (Å²) >= 11 is 0. The molecule has 5 nitrogen and oxygen atoms in total. The number of aromatic nitrogens is 1. The molecule has 0 aliphatic heterocycles. The van der Waals surface area contributed by atoms with Crippen molar-refractivity contribution in [2.45, 2.75) is 58.8 Å². The van der Waals surface area contributed by atoms with Gasteiger partial charge in [0, 0.05) is 16.4 Å². The minimum absolute atomic E-state index is 0.204. The second kappa shape index (κ2) is 9.50. The fourth-order valence-electron chi connectivity index (χ4n) is 5.49. The summed E-state index contributed by atoms with van der Waals surface area (Å²) in [5.74, 6) is -1.05. The van der Waals surface area contributed by atoms with Crippen molar-refractivity contribution in [3.8, 4) is 0 Å². The zero-order chi connectivity index (χ0) is 23.6. The van der Waals surface area contributed by atoms with E-state index in [0.29, 0.717) is 26.1 Å². The number of nitrogens with zero attached hydrogens (tertiary/aromatic N) is 1. The molecule has 1 aromatic heterocycles. The van der Waals surface area contributed by atoms with Crippen LogP contribution in [0.15, 0.2) is 48.1 Å². The number of carbonyl (C=O) groups is 2. The van der Waals surface area contributed by atoms with E-state index >= 15 is 0 Å². The van der Waals surface area contributed by atoms with Crippen LogP contribution in [-0.2, 0) is 24.5 Å². The number of rotatable bonds is 8. The van der Waals surface area contributed by atoms with Crippen LogP contribution >= 0.6 is 0 Å². The summed E-state index contributed by atoms with van der Waals surface area (Å²) < 4.78 is 10.7. The number of pyridine rings is 1. The van der Waals surface area contributed by atoms with Crippen LogP contribution in [0.5, 0.6) is 0 Å². The summed E-state index contributed by atoms with van der Waals surface area (Å²) in [4.78, 5) is 30.5. The van der Waals surface area contributed by atoms with Gasteiger partial charge in [0.25, 0.3) is 0 Å². The summed E-state index contributed by atoms with van der Waals surface area (Å²) in [7, 11) is 0. The average Bonchev–Trinajstić information content (AvgIpc) is 3.07. The van der Waals surface area contributed by atoms with Crippen molar-refractivity contribution >= 4 is 28.4 Å². The fraction of sp³-hybridized carbons (Fsp3) is 0.464. The van der Waals surface area contributed by atoms with Gasteiger partial charge in [-0.15, -0.1) is 0 Å². The maximum absolute atomic E-state index is 12.7. The summed E-state index contributed by atoms with van der Waals surface area (Å²) in [5.41, 5.74) is 4.87. The van der Waals surface area contributed by atoms with E-state index in [1.165, 1.54) is 5.57 Å². The molecular formula is C28H33NO4. The third-order valence-corrected chi connectivity index (χ3v) is 6.85. The Kier molecular flexibility index (Phi) is 6.68. The van der Waals surface area contributed by atoms with E-state index in [0.717, 1.165) is 40.6 Å². The normalized spacial score (nSPS) is 20.8. The number of allylic oxidation sites excluding steroid dienone is 4. The molecule has 2 aromatic rings. The highest BCUT2D eigenvalue weighted by Crippen LogP contribution is 2.57. The van der Waals surface area contributed by atoms with Gasteiger partial charge in [-0.3, -0.25) is 9.59 Å². The standard InChI is InChI=1S/C28H33NO4/c1-5-32-26(30)18(3)16-28(17-19(4)27(31)33-6-2)22-13-9-8-12-21(22)25-23(28)15-20-11-7-10-14-24(20)29-25/h7,10-15,18-19H,5-6,8-9,16-17H2,1-4H3. The Balaban J connectivity index is 1.89. The molecule has 2 atom stereocenters. The topological polar surface area (TPSA) is 65.5 Å². The van der Waals surface area contributed by atoms with E-state index in [4.69, 9.17) is 14.5 Å². The molecule has 5 heteroatoms. The van der Waals surface area contributed by atoms with E-state index in [1.807, 2.05) is 45.9 Å². The van der Waals surface area contributed by atoms with E-state index in [2.05, 4.69) is 24.3 Å². The van der Waals surface area contributed by atoms with Gasteiger partial charge in [0.15, 0.2) is 0 Å². The van der Waals surface area contributed by atoms with Gasteiger partial charge in [-0.05, 0) is 62.8 Å². The van der Waals surface area contributed by atoms with E-state index < -0.39 is 5.41 Å². The molecule has 1 heterocycles. The Morgan fingerprint density at radius 1 is 0.970 bits per heavy atom. The lowest BCUT2D eigenvalue weighted by Gasteiger charge is -2.36. The Morgan fingerprint density at radius 3 is 2.21 bits per heavy atom. The van der Waals surface area contributed by atoms with Crippen LogP contribution in [0.1, 0.15) is 64.6 Å². The molecule has 1 aromatic carbocycles. The summed E-state index contributed by atoms with van der Waals surface area (Å²) in [6, 6.07) is 10.3. The smallest absolute Gasteiger partial charge is 0.308 e. The van der Waals surface area contributed by atoms with Crippen LogP contribution in [0.3, 0.4) is 0 Å². The molecule has 0 amide bonds. The van der Waals surface area contributed by atoms with Gasteiger partial charge in [0.05, 0.1) is 36.3 Å². The summed E-state index contributed by atoms with van der Waals surface area (Å²) in [5, 5.41) is 1.06. The molecule has 0 saturated carbocycles. The second-order valence-electron chi connectivity index (χ2n) is 9.19. The minimum Gasteiger partial charge on any atom is -0.466 e. The SMILES string of the molecule is CCOC(=O)C(C)CC1(CC(C)C(=O)OCC)C2=CCCC=C2c2nc3ccccc3cc21. The van der Waals surface area contributed by atoms with Crippen molar-refractivity contribution in [2.24, 2.45) is 11.8 Å². The number of ether oxygens (including phenoxy) is 2. The number of esters is 2. The monoisotopic (exact) mass is 447 g/mol. The lowest BCUT2D eigenvalue weighted by atomic mass is 9.66. The number of para-hydroxylation sites is 1. The predicted molar refractivity (Wildman–Crippen MR) is 130 cm³/mol. The first-order valence-corrected chi connectivity index (χ1v) is 12.1. The van der Waals surface area contributed by atoms with Gasteiger partial charge >= 0.3 is 11.9 Å². The lowest BCUT2D eigenvalue weighted by molar-refractivity contribution is -0.148. The van der Waals surface area contributed by atoms with Gasteiger partial charge in [-0.1, -0.05) is 44.2 Å². The highest BCUT2D eigenvalue weighted by Gasteiger charge is 2.49. The molecule has 2 aliphatic carbocycles. The van der Waals surface area contributed by atoms with Crippen molar-refractivity contribution < 1.29 is 19.1 Å². The molecule has 0 fully saturated rings. The minimum atomic E-state index is -0.503. The average molecular weight is 448 g/mol. The largest absolute Gasteiger partial charge is 0.466 e. The van der Waals surface area contributed by atoms with Crippen LogP contribution < -0.4 is 0 Å². The Labute approximate surface area is 195 Å². The molecule has 4 rings (SSSR count). The molecule has 0 N–H and O–H groups in total. The van der Waals surface area contributed by atoms with Crippen molar-refractivity contribution in [3.05, 3.63) is 59.3 Å². The maximum atomic E-state index is 12.7. The molecule has 174 valence electrons. The quantitative estimate of drug-likeness (QED) is 0.481. The molecule has 0 spiro atoms. The number of benzene rings is 1.